The molecule has 2 aromatic rings. The van der Waals surface area contributed by atoms with Gasteiger partial charge < -0.3 is 4.90 Å². The van der Waals surface area contributed by atoms with E-state index in [9.17, 15) is 4.79 Å². The van der Waals surface area contributed by atoms with Crippen molar-refractivity contribution in [3.63, 3.8) is 0 Å². The number of nitrogens with zero attached hydrogens (tertiary/aromatic N) is 2. The molecule has 1 saturated heterocycles. The third-order valence-electron chi connectivity index (χ3n) is 3.27. The summed E-state index contributed by atoms with van der Waals surface area (Å²) < 4.78 is 0. The largest absolute Gasteiger partial charge is 0.339 e. The fourth-order valence-electron chi connectivity index (χ4n) is 2.26. The van der Waals surface area contributed by atoms with E-state index in [1.165, 1.54) is 6.42 Å². The van der Waals surface area contributed by atoms with Crippen molar-refractivity contribution in [3.05, 3.63) is 29.4 Å². The number of nitrogens with one attached hydrogen (secondary N) is 1. The Bertz CT molecular complexity index is 526. The van der Waals surface area contributed by atoms with Crippen molar-refractivity contribution in [2.24, 2.45) is 0 Å². The van der Waals surface area contributed by atoms with Crippen LogP contribution < -0.4 is 0 Å². The molecule has 1 aliphatic rings. The summed E-state index contributed by atoms with van der Waals surface area (Å²) in [7, 11) is 0. The number of aromatic nitrogens is 2. The van der Waals surface area contributed by atoms with Gasteiger partial charge in [0, 0.05) is 35.1 Å². The highest BCUT2D eigenvalue weighted by atomic mass is 32.1. The molecule has 4 nitrogen and oxygen atoms in total. The van der Waals surface area contributed by atoms with Crippen molar-refractivity contribution in [1.29, 1.82) is 0 Å². The van der Waals surface area contributed by atoms with Gasteiger partial charge in [-0.1, -0.05) is 0 Å². The van der Waals surface area contributed by atoms with Gasteiger partial charge in [-0.05, 0) is 25.3 Å². The molecule has 0 aromatic carbocycles. The molecule has 1 fully saturated rings. The van der Waals surface area contributed by atoms with Crippen LogP contribution in [0.3, 0.4) is 0 Å². The summed E-state index contributed by atoms with van der Waals surface area (Å²) in [5, 5.41) is 8.66. The molecular formula is C13H15N3OS. The molecule has 0 radical (unpaired) electrons. The molecule has 0 spiro atoms. The van der Waals surface area contributed by atoms with E-state index < -0.39 is 0 Å². The predicted octanol–water partition coefficient (Wildman–Crippen LogP) is 2.76. The SMILES string of the molecule is O=C(c1csc(-c2cn[nH]c2)c1)N1CCCCC1. The lowest BCUT2D eigenvalue weighted by Gasteiger charge is -2.26. The van der Waals surface area contributed by atoms with Gasteiger partial charge in [-0.2, -0.15) is 5.10 Å². The van der Waals surface area contributed by atoms with E-state index in [1.807, 2.05) is 22.5 Å². The number of hydrogen-bond donors (Lipinski definition) is 1. The number of thiophene rings is 1. The zero-order valence-electron chi connectivity index (χ0n) is 10.1. The second-order valence-electron chi connectivity index (χ2n) is 4.54. The highest BCUT2D eigenvalue weighted by Crippen LogP contribution is 2.27. The number of amides is 1. The lowest BCUT2D eigenvalue weighted by atomic mass is 10.1. The zero-order chi connectivity index (χ0) is 12.4. The monoisotopic (exact) mass is 261 g/mol. The van der Waals surface area contributed by atoms with Crippen molar-refractivity contribution >= 4 is 17.2 Å². The molecular weight excluding hydrogens is 246 g/mol. The van der Waals surface area contributed by atoms with Crippen molar-refractivity contribution < 1.29 is 4.79 Å². The molecule has 0 unspecified atom stereocenters. The Hall–Kier alpha value is -1.62. The molecule has 3 heterocycles. The highest BCUT2D eigenvalue weighted by molar-refractivity contribution is 7.13. The van der Waals surface area contributed by atoms with E-state index in [0.717, 1.165) is 41.9 Å². The number of aromatic amines is 1. The maximum absolute atomic E-state index is 12.3. The molecule has 1 N–H and O–H groups in total. The van der Waals surface area contributed by atoms with Crippen molar-refractivity contribution in [2.45, 2.75) is 19.3 Å². The number of piperidine rings is 1. The first-order chi connectivity index (χ1) is 8.84. The fraction of sp³-hybridized carbons (Fsp3) is 0.385. The Morgan fingerprint density at radius 3 is 2.89 bits per heavy atom. The average Bonchev–Trinajstić information content (AvgIpc) is 3.09. The fourth-order valence-corrected chi connectivity index (χ4v) is 3.13. The first kappa shape index (κ1) is 11.5. The van der Waals surface area contributed by atoms with Gasteiger partial charge in [0.15, 0.2) is 0 Å². The first-order valence-corrected chi connectivity index (χ1v) is 7.09. The molecule has 0 saturated carbocycles. The van der Waals surface area contributed by atoms with E-state index in [4.69, 9.17) is 0 Å². The van der Waals surface area contributed by atoms with Crippen LogP contribution in [0, 0.1) is 0 Å². The van der Waals surface area contributed by atoms with Crippen molar-refractivity contribution in [3.8, 4) is 10.4 Å². The van der Waals surface area contributed by atoms with E-state index in [-0.39, 0.29) is 5.91 Å². The number of carbonyl (C=O) groups is 1. The molecule has 1 aliphatic heterocycles. The van der Waals surface area contributed by atoms with Gasteiger partial charge in [0.05, 0.1) is 11.8 Å². The topological polar surface area (TPSA) is 49.0 Å². The summed E-state index contributed by atoms with van der Waals surface area (Å²) in [4.78, 5) is 15.3. The normalized spacial score (nSPS) is 15.9. The van der Waals surface area contributed by atoms with Crippen LogP contribution in [-0.2, 0) is 0 Å². The Morgan fingerprint density at radius 1 is 1.33 bits per heavy atom. The smallest absolute Gasteiger partial charge is 0.254 e. The predicted molar refractivity (Wildman–Crippen MR) is 71.7 cm³/mol. The van der Waals surface area contributed by atoms with Crippen LogP contribution in [-0.4, -0.2) is 34.1 Å². The maximum Gasteiger partial charge on any atom is 0.254 e. The van der Waals surface area contributed by atoms with Crippen LogP contribution in [0.4, 0.5) is 0 Å². The minimum absolute atomic E-state index is 0.167. The zero-order valence-corrected chi connectivity index (χ0v) is 10.9. The third-order valence-corrected chi connectivity index (χ3v) is 4.25. The number of likely N-dealkylation sites (tertiary alicyclic amines) is 1. The molecule has 2 aromatic heterocycles. The van der Waals surface area contributed by atoms with Crippen LogP contribution in [0.25, 0.3) is 10.4 Å². The van der Waals surface area contributed by atoms with E-state index in [2.05, 4.69) is 10.2 Å². The molecule has 94 valence electrons. The van der Waals surface area contributed by atoms with E-state index in [1.54, 1.807) is 17.5 Å². The van der Waals surface area contributed by atoms with Crippen LogP contribution >= 0.6 is 11.3 Å². The lowest BCUT2D eigenvalue weighted by molar-refractivity contribution is 0.0725. The number of carbonyl (C=O) groups excluding carboxylic acids is 1. The minimum atomic E-state index is 0.167. The molecule has 0 bridgehead atoms. The average molecular weight is 261 g/mol. The molecule has 5 heteroatoms. The summed E-state index contributed by atoms with van der Waals surface area (Å²) in [6, 6.07) is 1.96. The van der Waals surface area contributed by atoms with Crippen LogP contribution in [0.2, 0.25) is 0 Å². The van der Waals surface area contributed by atoms with Gasteiger partial charge in [-0.15, -0.1) is 11.3 Å². The highest BCUT2D eigenvalue weighted by Gasteiger charge is 2.19. The summed E-state index contributed by atoms with van der Waals surface area (Å²) in [5.74, 6) is 0.167. The Balaban J connectivity index is 1.78. The number of hydrogen-bond acceptors (Lipinski definition) is 3. The Kier molecular flexibility index (Phi) is 3.15. The summed E-state index contributed by atoms with van der Waals surface area (Å²) >= 11 is 1.59. The molecule has 3 rings (SSSR count). The second-order valence-corrected chi connectivity index (χ2v) is 5.45. The van der Waals surface area contributed by atoms with Crippen molar-refractivity contribution in [1.82, 2.24) is 15.1 Å². The van der Waals surface area contributed by atoms with Gasteiger partial charge in [-0.3, -0.25) is 9.89 Å². The first-order valence-electron chi connectivity index (χ1n) is 6.21. The standard InChI is InChI=1S/C13H15N3OS/c17-13(16-4-2-1-3-5-16)10-6-12(18-9-10)11-7-14-15-8-11/h6-9H,1-5H2,(H,14,15). The summed E-state index contributed by atoms with van der Waals surface area (Å²) in [5.41, 5.74) is 1.84. The van der Waals surface area contributed by atoms with Gasteiger partial charge >= 0.3 is 0 Å². The van der Waals surface area contributed by atoms with E-state index in [0.29, 0.717) is 0 Å². The Morgan fingerprint density at radius 2 is 2.17 bits per heavy atom. The summed E-state index contributed by atoms with van der Waals surface area (Å²) in [6.45, 7) is 1.80. The summed E-state index contributed by atoms with van der Waals surface area (Å²) in [6.07, 6.45) is 7.13. The molecule has 0 aliphatic carbocycles. The minimum Gasteiger partial charge on any atom is -0.339 e. The van der Waals surface area contributed by atoms with Crippen molar-refractivity contribution in [2.75, 3.05) is 13.1 Å². The van der Waals surface area contributed by atoms with E-state index >= 15 is 0 Å². The maximum atomic E-state index is 12.3. The van der Waals surface area contributed by atoms with Gasteiger partial charge in [-0.25, -0.2) is 0 Å². The molecule has 18 heavy (non-hydrogen) atoms. The lowest BCUT2D eigenvalue weighted by Crippen LogP contribution is -2.35. The number of H-pyrrole nitrogens is 1. The van der Waals surface area contributed by atoms with Gasteiger partial charge in [0.1, 0.15) is 0 Å². The third kappa shape index (κ3) is 2.18. The van der Waals surface area contributed by atoms with Gasteiger partial charge in [0.2, 0.25) is 0 Å². The molecule has 1 amide bonds. The van der Waals surface area contributed by atoms with Crippen LogP contribution in [0.15, 0.2) is 23.8 Å². The van der Waals surface area contributed by atoms with Crippen LogP contribution in [0.5, 0.6) is 0 Å². The second kappa shape index (κ2) is 4.94. The number of rotatable bonds is 2. The quantitative estimate of drug-likeness (QED) is 0.903. The molecule has 0 atom stereocenters. The Labute approximate surface area is 110 Å². The van der Waals surface area contributed by atoms with Gasteiger partial charge in [0.25, 0.3) is 5.91 Å². The van der Waals surface area contributed by atoms with Crippen LogP contribution in [0.1, 0.15) is 29.6 Å².